The summed E-state index contributed by atoms with van der Waals surface area (Å²) in [6.07, 6.45) is 0. The molecule has 0 spiro atoms. The van der Waals surface area contributed by atoms with Crippen molar-refractivity contribution in [2.75, 3.05) is 5.32 Å². The SMILES string of the molecule is Cc1nnc(CNc2ccc(C#N)cc2Cl)o1. The lowest BCUT2D eigenvalue weighted by atomic mass is 10.2. The van der Waals surface area contributed by atoms with Crippen LogP contribution in [0.1, 0.15) is 17.3 Å². The monoisotopic (exact) mass is 248 g/mol. The number of aryl methyl sites for hydroxylation is 1. The van der Waals surface area contributed by atoms with Gasteiger partial charge in [0.15, 0.2) is 0 Å². The molecule has 0 aliphatic heterocycles. The number of benzene rings is 1. The summed E-state index contributed by atoms with van der Waals surface area (Å²) in [5, 5.41) is 19.8. The molecule has 0 unspecified atom stereocenters. The minimum absolute atomic E-state index is 0.395. The second-order valence-electron chi connectivity index (χ2n) is 3.37. The molecule has 17 heavy (non-hydrogen) atoms. The van der Waals surface area contributed by atoms with Crippen molar-refractivity contribution in [1.29, 1.82) is 5.26 Å². The maximum absolute atomic E-state index is 8.70. The number of hydrogen-bond acceptors (Lipinski definition) is 5. The summed E-state index contributed by atoms with van der Waals surface area (Å²) in [7, 11) is 0. The summed E-state index contributed by atoms with van der Waals surface area (Å²) in [6, 6.07) is 7.05. The molecule has 6 heteroatoms. The summed E-state index contributed by atoms with van der Waals surface area (Å²) in [6.45, 7) is 2.12. The zero-order chi connectivity index (χ0) is 12.3. The van der Waals surface area contributed by atoms with E-state index >= 15 is 0 Å². The number of rotatable bonds is 3. The van der Waals surface area contributed by atoms with Crippen molar-refractivity contribution in [2.24, 2.45) is 0 Å². The molecule has 0 aliphatic rings. The molecule has 0 saturated heterocycles. The van der Waals surface area contributed by atoms with Crippen LogP contribution in [-0.2, 0) is 6.54 Å². The third-order valence-corrected chi connectivity index (χ3v) is 2.41. The number of nitriles is 1. The highest BCUT2D eigenvalue weighted by atomic mass is 35.5. The van der Waals surface area contributed by atoms with Gasteiger partial charge in [-0.05, 0) is 18.2 Å². The van der Waals surface area contributed by atoms with Crippen molar-refractivity contribution in [1.82, 2.24) is 10.2 Å². The van der Waals surface area contributed by atoms with Gasteiger partial charge >= 0.3 is 0 Å². The zero-order valence-electron chi connectivity index (χ0n) is 9.07. The fourth-order valence-corrected chi connectivity index (χ4v) is 1.56. The van der Waals surface area contributed by atoms with E-state index in [1.54, 1.807) is 25.1 Å². The molecule has 86 valence electrons. The maximum Gasteiger partial charge on any atom is 0.235 e. The Morgan fingerprint density at radius 1 is 1.47 bits per heavy atom. The Labute approximate surface area is 103 Å². The van der Waals surface area contributed by atoms with Crippen LogP contribution in [0, 0.1) is 18.3 Å². The van der Waals surface area contributed by atoms with Gasteiger partial charge in [-0.25, -0.2) is 0 Å². The average Bonchev–Trinajstić information content (AvgIpc) is 2.73. The van der Waals surface area contributed by atoms with Gasteiger partial charge in [-0.15, -0.1) is 10.2 Å². The molecule has 1 aromatic heterocycles. The highest BCUT2D eigenvalue weighted by molar-refractivity contribution is 6.33. The summed E-state index contributed by atoms with van der Waals surface area (Å²) in [5.41, 5.74) is 1.25. The molecule has 1 aromatic carbocycles. The standard InChI is InChI=1S/C11H9ClN4O/c1-7-15-16-11(17-7)6-14-10-3-2-8(5-13)4-9(10)12/h2-4,14H,6H2,1H3. The van der Waals surface area contributed by atoms with Crippen molar-refractivity contribution in [3.63, 3.8) is 0 Å². The van der Waals surface area contributed by atoms with E-state index in [2.05, 4.69) is 15.5 Å². The zero-order valence-corrected chi connectivity index (χ0v) is 9.82. The Morgan fingerprint density at radius 3 is 2.88 bits per heavy atom. The molecule has 0 radical (unpaired) electrons. The van der Waals surface area contributed by atoms with Gasteiger partial charge in [0.2, 0.25) is 11.8 Å². The third kappa shape index (κ3) is 2.74. The van der Waals surface area contributed by atoms with Crippen molar-refractivity contribution in [2.45, 2.75) is 13.5 Å². The van der Waals surface area contributed by atoms with Crippen LogP contribution in [-0.4, -0.2) is 10.2 Å². The van der Waals surface area contributed by atoms with Gasteiger partial charge in [-0.1, -0.05) is 11.6 Å². The normalized spacial score (nSPS) is 9.94. The van der Waals surface area contributed by atoms with E-state index in [4.69, 9.17) is 21.3 Å². The molecule has 2 aromatic rings. The fraction of sp³-hybridized carbons (Fsp3) is 0.182. The summed E-state index contributed by atoms with van der Waals surface area (Å²) < 4.78 is 5.21. The number of anilines is 1. The molecule has 0 saturated carbocycles. The van der Waals surface area contributed by atoms with Crippen molar-refractivity contribution in [3.8, 4) is 6.07 Å². The lowest BCUT2D eigenvalue weighted by molar-refractivity contribution is 0.475. The van der Waals surface area contributed by atoms with E-state index in [9.17, 15) is 0 Å². The van der Waals surface area contributed by atoms with Gasteiger partial charge in [0.05, 0.1) is 28.9 Å². The lowest BCUT2D eigenvalue weighted by Crippen LogP contribution is -2.00. The number of aromatic nitrogens is 2. The number of nitrogens with one attached hydrogen (secondary N) is 1. The topological polar surface area (TPSA) is 74.7 Å². The van der Waals surface area contributed by atoms with E-state index < -0.39 is 0 Å². The highest BCUT2D eigenvalue weighted by Gasteiger charge is 2.05. The van der Waals surface area contributed by atoms with E-state index in [-0.39, 0.29) is 0 Å². The second kappa shape index (κ2) is 4.85. The van der Waals surface area contributed by atoms with Crippen LogP contribution in [0.5, 0.6) is 0 Å². The highest BCUT2D eigenvalue weighted by Crippen LogP contribution is 2.23. The molecule has 0 bridgehead atoms. The molecular formula is C11H9ClN4O. The molecule has 0 amide bonds. The van der Waals surface area contributed by atoms with Crippen LogP contribution in [0.4, 0.5) is 5.69 Å². The predicted molar refractivity (Wildman–Crippen MR) is 62.5 cm³/mol. The number of nitrogens with zero attached hydrogens (tertiary/aromatic N) is 3. The van der Waals surface area contributed by atoms with Gasteiger partial charge < -0.3 is 9.73 Å². The maximum atomic E-state index is 8.70. The Bertz CT molecular complexity index is 573. The van der Waals surface area contributed by atoms with Crippen LogP contribution in [0.2, 0.25) is 5.02 Å². The van der Waals surface area contributed by atoms with Crippen LogP contribution < -0.4 is 5.32 Å². The first-order chi connectivity index (χ1) is 8.19. The number of halogens is 1. The summed E-state index contributed by atoms with van der Waals surface area (Å²) in [5.74, 6) is 1.01. The van der Waals surface area contributed by atoms with E-state index in [0.717, 1.165) is 5.69 Å². The molecule has 2 rings (SSSR count). The minimum atomic E-state index is 0.395. The Hall–Kier alpha value is -2.06. The van der Waals surface area contributed by atoms with E-state index in [0.29, 0.717) is 28.9 Å². The van der Waals surface area contributed by atoms with Crippen LogP contribution >= 0.6 is 11.6 Å². The second-order valence-corrected chi connectivity index (χ2v) is 3.78. The first kappa shape index (κ1) is 11.4. The molecule has 0 fully saturated rings. The van der Waals surface area contributed by atoms with Gasteiger partial charge in [-0.3, -0.25) is 0 Å². The lowest BCUT2D eigenvalue weighted by Gasteiger charge is -2.05. The first-order valence-electron chi connectivity index (χ1n) is 4.91. The fourth-order valence-electron chi connectivity index (χ4n) is 1.31. The number of hydrogen-bond donors (Lipinski definition) is 1. The largest absolute Gasteiger partial charge is 0.424 e. The Morgan fingerprint density at radius 2 is 2.29 bits per heavy atom. The summed E-state index contributed by atoms with van der Waals surface area (Å²) >= 11 is 6.00. The van der Waals surface area contributed by atoms with Gasteiger partial charge in [0.1, 0.15) is 0 Å². The quantitative estimate of drug-likeness (QED) is 0.903. The molecule has 1 heterocycles. The summed E-state index contributed by atoms with van der Waals surface area (Å²) in [4.78, 5) is 0. The predicted octanol–water partition coefficient (Wildman–Crippen LogP) is 2.52. The van der Waals surface area contributed by atoms with Gasteiger partial charge in [-0.2, -0.15) is 5.26 Å². The van der Waals surface area contributed by atoms with Crippen LogP contribution in [0.15, 0.2) is 22.6 Å². The molecule has 0 atom stereocenters. The van der Waals surface area contributed by atoms with E-state index in [1.165, 1.54) is 0 Å². The van der Waals surface area contributed by atoms with Crippen molar-refractivity contribution in [3.05, 3.63) is 40.6 Å². The smallest absolute Gasteiger partial charge is 0.235 e. The van der Waals surface area contributed by atoms with Crippen LogP contribution in [0.25, 0.3) is 0 Å². The van der Waals surface area contributed by atoms with Crippen molar-refractivity contribution >= 4 is 17.3 Å². The molecular weight excluding hydrogens is 240 g/mol. The van der Waals surface area contributed by atoms with E-state index in [1.807, 2.05) is 6.07 Å². The van der Waals surface area contributed by atoms with Crippen LogP contribution in [0.3, 0.4) is 0 Å². The molecule has 0 aliphatic carbocycles. The van der Waals surface area contributed by atoms with Crippen molar-refractivity contribution < 1.29 is 4.42 Å². The third-order valence-electron chi connectivity index (χ3n) is 2.10. The molecule has 5 nitrogen and oxygen atoms in total. The minimum Gasteiger partial charge on any atom is -0.424 e. The van der Waals surface area contributed by atoms with Gasteiger partial charge in [0, 0.05) is 6.92 Å². The Balaban J connectivity index is 2.07. The van der Waals surface area contributed by atoms with Gasteiger partial charge in [0.25, 0.3) is 0 Å². The average molecular weight is 249 g/mol. The Kier molecular flexibility index (Phi) is 3.26. The first-order valence-corrected chi connectivity index (χ1v) is 5.29. The molecule has 1 N–H and O–H groups in total.